The largest absolute Gasteiger partial charge is 0.756 e. The van der Waals surface area contributed by atoms with Gasteiger partial charge in [-0.15, -0.1) is 0 Å². The third-order valence-electron chi connectivity index (χ3n) is 16.2. The van der Waals surface area contributed by atoms with Crippen LogP contribution in [-0.4, -0.2) is 68.5 Å². The molecule has 0 aliphatic heterocycles. The summed E-state index contributed by atoms with van der Waals surface area (Å²) in [5.74, 6) is -0.197. The highest BCUT2D eigenvalue weighted by molar-refractivity contribution is 7.45. The number of carbonyl (C=O) groups is 1. The minimum Gasteiger partial charge on any atom is -0.756 e. The van der Waals surface area contributed by atoms with Crippen molar-refractivity contribution in [2.24, 2.45) is 0 Å². The fraction of sp³-hybridized carbons (Fsp3) is 0.756. The van der Waals surface area contributed by atoms with Crippen LogP contribution in [0.4, 0.5) is 0 Å². The number of phosphoric acid groups is 1. The number of likely N-dealkylation sites (N-methyl/N-ethyl adjacent to an activating group) is 1. The summed E-state index contributed by atoms with van der Waals surface area (Å²) in [7, 11) is 1.26. The van der Waals surface area contributed by atoms with Gasteiger partial charge in [-0.1, -0.05) is 348 Å². The topological polar surface area (TPSA) is 108 Å². The molecule has 2 N–H and O–H groups in total. The Hall–Kier alpha value is -2.84. The lowest BCUT2D eigenvalue weighted by Gasteiger charge is -2.29. The third-order valence-corrected chi connectivity index (χ3v) is 17.2. The molecule has 3 atom stereocenters. The number of nitrogens with one attached hydrogen (secondary N) is 1. The average molecular weight is 1230 g/mol. The first-order valence-corrected chi connectivity index (χ1v) is 38.2. The zero-order valence-electron chi connectivity index (χ0n) is 57.7. The minimum atomic E-state index is -4.61. The lowest BCUT2D eigenvalue weighted by Crippen LogP contribution is -2.45. The number of phosphoric ester groups is 1. The molecule has 3 unspecified atom stereocenters. The van der Waals surface area contributed by atoms with Crippen molar-refractivity contribution in [1.82, 2.24) is 5.32 Å². The standard InChI is InChI=1S/C78H141N2O6P/c1-6-8-10-12-14-16-18-20-22-24-26-28-30-32-34-35-36-37-38-39-40-41-42-43-44-45-46-48-50-52-54-56-58-60-62-64-66-68-70-72-78(82)79-76(75-86-87(83,84)85-74-73-80(3,4)5)77(81)71-69-67-65-63-61-59-57-55-53-51-49-47-33-31-29-27-25-23-21-19-17-15-13-11-9-7-2/h8,10,14,16,20,22,26,28,32,34,36-37,39-40,42-43,69,71,76-77,81H,6-7,9,11-13,15,17-19,21,23-25,27,29-31,33,35,38,41,44-68,70,72-75H2,1-5H3,(H-,79,82,83,84)/b10-8-,16-14-,22-20-,28-26-,34-32-,37-36-,40-39-,43-42-,71-69+. The fourth-order valence-corrected chi connectivity index (χ4v) is 11.3. The average Bonchev–Trinajstić information content (AvgIpc) is 3.69. The van der Waals surface area contributed by atoms with Crippen LogP contribution in [0, 0.1) is 0 Å². The summed E-state index contributed by atoms with van der Waals surface area (Å²) in [5, 5.41) is 14.0. The predicted octanol–water partition coefficient (Wildman–Crippen LogP) is 23.2. The van der Waals surface area contributed by atoms with Gasteiger partial charge in [0.2, 0.25) is 5.91 Å². The lowest BCUT2D eigenvalue weighted by molar-refractivity contribution is -0.870. The third kappa shape index (κ3) is 70.5. The van der Waals surface area contributed by atoms with Gasteiger partial charge in [-0.05, 0) is 83.5 Å². The van der Waals surface area contributed by atoms with Crippen LogP contribution >= 0.6 is 7.82 Å². The van der Waals surface area contributed by atoms with Crippen LogP contribution < -0.4 is 10.2 Å². The summed E-state index contributed by atoms with van der Waals surface area (Å²) < 4.78 is 23.5. The Kier molecular flexibility index (Phi) is 65.3. The molecule has 1 amide bonds. The van der Waals surface area contributed by atoms with E-state index in [1.165, 1.54) is 218 Å². The summed E-state index contributed by atoms with van der Waals surface area (Å²) in [6.45, 7) is 4.57. The first-order chi connectivity index (χ1) is 42.5. The van der Waals surface area contributed by atoms with Crippen LogP contribution in [0.25, 0.3) is 0 Å². The number of unbranched alkanes of at least 4 members (excludes halogenated alkanes) is 38. The molecule has 0 saturated carbocycles. The van der Waals surface area contributed by atoms with Crippen molar-refractivity contribution in [3.63, 3.8) is 0 Å². The predicted molar refractivity (Wildman–Crippen MR) is 380 cm³/mol. The molecule has 0 aliphatic carbocycles. The first-order valence-electron chi connectivity index (χ1n) is 36.7. The van der Waals surface area contributed by atoms with Crippen LogP contribution in [0.15, 0.2) is 109 Å². The highest BCUT2D eigenvalue weighted by Gasteiger charge is 2.23. The van der Waals surface area contributed by atoms with Crippen LogP contribution in [-0.2, 0) is 18.4 Å². The van der Waals surface area contributed by atoms with Crippen molar-refractivity contribution < 1.29 is 32.9 Å². The number of hydrogen-bond donors (Lipinski definition) is 2. The summed E-state index contributed by atoms with van der Waals surface area (Å²) in [5.41, 5.74) is 0. The van der Waals surface area contributed by atoms with Crippen LogP contribution in [0.3, 0.4) is 0 Å². The fourth-order valence-electron chi connectivity index (χ4n) is 10.6. The van der Waals surface area contributed by atoms with Crippen molar-refractivity contribution >= 4 is 13.7 Å². The molecular weight excluding hydrogens is 1090 g/mol. The Morgan fingerprint density at radius 2 is 0.701 bits per heavy atom. The van der Waals surface area contributed by atoms with Crippen molar-refractivity contribution in [3.05, 3.63) is 109 Å². The number of hydrogen-bond acceptors (Lipinski definition) is 6. The van der Waals surface area contributed by atoms with Gasteiger partial charge in [0.1, 0.15) is 13.2 Å². The molecule has 9 heteroatoms. The molecule has 0 aromatic carbocycles. The Morgan fingerprint density at radius 1 is 0.414 bits per heavy atom. The van der Waals surface area contributed by atoms with E-state index in [1.807, 2.05) is 27.2 Å². The van der Waals surface area contributed by atoms with E-state index in [4.69, 9.17) is 9.05 Å². The second-order valence-corrected chi connectivity index (χ2v) is 27.3. The van der Waals surface area contributed by atoms with Gasteiger partial charge in [0, 0.05) is 6.42 Å². The van der Waals surface area contributed by atoms with Gasteiger partial charge in [0.15, 0.2) is 0 Å². The quantitative estimate of drug-likeness (QED) is 0.0272. The van der Waals surface area contributed by atoms with Crippen molar-refractivity contribution in [2.45, 2.75) is 341 Å². The van der Waals surface area contributed by atoms with E-state index in [-0.39, 0.29) is 19.1 Å². The summed E-state index contributed by atoms with van der Waals surface area (Å²) in [6.07, 6.45) is 99.3. The Labute approximate surface area is 540 Å². The van der Waals surface area contributed by atoms with E-state index in [2.05, 4.69) is 116 Å². The van der Waals surface area contributed by atoms with E-state index >= 15 is 0 Å². The van der Waals surface area contributed by atoms with Crippen LogP contribution in [0.2, 0.25) is 0 Å². The number of quaternary nitrogens is 1. The monoisotopic (exact) mass is 1230 g/mol. The number of carbonyl (C=O) groups excluding carboxylic acids is 1. The van der Waals surface area contributed by atoms with Gasteiger partial charge in [0.25, 0.3) is 7.82 Å². The smallest absolute Gasteiger partial charge is 0.268 e. The molecule has 0 fully saturated rings. The molecule has 0 heterocycles. The molecule has 0 spiro atoms. The molecule has 0 bridgehead atoms. The number of nitrogens with zero attached hydrogens (tertiary/aromatic N) is 1. The van der Waals surface area contributed by atoms with E-state index in [0.29, 0.717) is 17.4 Å². The normalized spacial score (nSPS) is 14.2. The lowest BCUT2D eigenvalue weighted by atomic mass is 10.0. The van der Waals surface area contributed by atoms with Crippen molar-refractivity contribution in [1.29, 1.82) is 0 Å². The summed E-state index contributed by atoms with van der Waals surface area (Å²) in [4.78, 5) is 25.7. The van der Waals surface area contributed by atoms with Crippen LogP contribution in [0.5, 0.6) is 0 Å². The van der Waals surface area contributed by atoms with Gasteiger partial charge < -0.3 is 28.8 Å². The van der Waals surface area contributed by atoms with E-state index < -0.39 is 20.0 Å². The zero-order chi connectivity index (χ0) is 63.4. The molecule has 0 rings (SSSR count). The molecule has 0 aromatic heterocycles. The Bertz CT molecular complexity index is 1790. The maximum atomic E-state index is 13.1. The minimum absolute atomic E-state index is 0.00382. The number of aliphatic hydroxyl groups excluding tert-OH is 1. The Balaban J connectivity index is 4.06. The number of amides is 1. The highest BCUT2D eigenvalue weighted by atomic mass is 31.2. The van der Waals surface area contributed by atoms with E-state index in [1.54, 1.807) is 6.08 Å². The van der Waals surface area contributed by atoms with Gasteiger partial charge in [-0.25, -0.2) is 0 Å². The number of allylic oxidation sites excluding steroid dienone is 17. The van der Waals surface area contributed by atoms with Gasteiger partial charge in [-0.2, -0.15) is 0 Å². The van der Waals surface area contributed by atoms with Crippen LogP contribution in [0.1, 0.15) is 328 Å². The molecule has 504 valence electrons. The van der Waals surface area contributed by atoms with Gasteiger partial charge in [0.05, 0.1) is 39.9 Å². The Morgan fingerprint density at radius 3 is 1.02 bits per heavy atom. The second-order valence-electron chi connectivity index (χ2n) is 25.9. The van der Waals surface area contributed by atoms with E-state index in [9.17, 15) is 19.4 Å². The first kappa shape index (κ1) is 84.2. The van der Waals surface area contributed by atoms with E-state index in [0.717, 1.165) is 89.9 Å². The zero-order valence-corrected chi connectivity index (χ0v) is 58.6. The molecule has 0 aromatic rings. The summed E-state index contributed by atoms with van der Waals surface area (Å²) >= 11 is 0. The number of aliphatic hydroxyl groups is 1. The van der Waals surface area contributed by atoms with Crippen molar-refractivity contribution in [2.75, 3.05) is 40.9 Å². The van der Waals surface area contributed by atoms with Gasteiger partial charge in [-0.3, -0.25) is 9.36 Å². The molecule has 0 aliphatic rings. The molecular formula is C78H141N2O6P. The maximum absolute atomic E-state index is 13.1. The molecule has 8 nitrogen and oxygen atoms in total. The van der Waals surface area contributed by atoms with Gasteiger partial charge >= 0.3 is 0 Å². The maximum Gasteiger partial charge on any atom is 0.268 e. The molecule has 0 saturated heterocycles. The van der Waals surface area contributed by atoms with Crippen molar-refractivity contribution in [3.8, 4) is 0 Å². The molecule has 0 radical (unpaired) electrons. The molecule has 87 heavy (non-hydrogen) atoms. The highest BCUT2D eigenvalue weighted by Crippen LogP contribution is 2.38. The number of rotatable bonds is 67. The summed E-state index contributed by atoms with van der Waals surface area (Å²) in [6, 6.07) is -0.894. The second kappa shape index (κ2) is 67.6. The SMILES string of the molecule is CC/C=C\C/C=C\C/C=C\C/C=C\C/C=C\C/C=C\C/C=C\C/C=C\CCCCCCCCCCCCCCCCC(=O)NC(COP(=O)([O-])OCC[N+](C)(C)C)C(O)/C=C/CCCCCCCCCCCCCCCCCCCCCCCCCC.